The number of ether oxygens (including phenoxy) is 2. The molecule has 0 saturated carbocycles. The quantitative estimate of drug-likeness (QED) is 0.430. The van der Waals surface area contributed by atoms with Crippen LogP contribution in [0.2, 0.25) is 0 Å². The molecule has 2 atom stereocenters. The summed E-state index contributed by atoms with van der Waals surface area (Å²) in [6.45, 7) is 5.19. The number of alkyl halides is 1. The highest BCUT2D eigenvalue weighted by atomic mass is 35.5. The van der Waals surface area contributed by atoms with E-state index in [1.807, 2.05) is 13.0 Å². The van der Waals surface area contributed by atoms with Crippen LogP contribution in [0.4, 0.5) is 14.5 Å². The van der Waals surface area contributed by atoms with Crippen LogP contribution in [0.1, 0.15) is 43.5 Å². The van der Waals surface area contributed by atoms with E-state index in [0.29, 0.717) is 35.9 Å². The second-order valence-corrected chi connectivity index (χ2v) is 8.40. The summed E-state index contributed by atoms with van der Waals surface area (Å²) in [6, 6.07) is 5.41. The Kier molecular flexibility index (Phi) is 7.70. The number of benzene rings is 1. The highest BCUT2D eigenvalue weighted by Gasteiger charge is 2.29. The van der Waals surface area contributed by atoms with Gasteiger partial charge in [0.05, 0.1) is 30.6 Å². The van der Waals surface area contributed by atoms with Gasteiger partial charge in [-0.1, -0.05) is 19.4 Å². The molecule has 2 heterocycles. The molecule has 0 aliphatic carbocycles. The molecule has 0 amide bonds. The lowest BCUT2D eigenvalue weighted by molar-refractivity contribution is -0.139. The van der Waals surface area contributed by atoms with Crippen LogP contribution in [0.3, 0.4) is 0 Å². The fourth-order valence-corrected chi connectivity index (χ4v) is 4.05. The van der Waals surface area contributed by atoms with Crippen LogP contribution in [0.25, 0.3) is 0 Å². The maximum absolute atomic E-state index is 14.3. The molecule has 168 valence electrons. The van der Waals surface area contributed by atoms with Crippen molar-refractivity contribution in [3.8, 4) is 5.88 Å². The molecule has 0 bridgehead atoms. The molecule has 0 fully saturated rings. The smallest absolute Gasteiger partial charge is 0.311 e. The van der Waals surface area contributed by atoms with E-state index in [-0.39, 0.29) is 24.3 Å². The first-order valence-corrected chi connectivity index (χ1v) is 10.8. The predicted molar refractivity (Wildman–Crippen MR) is 116 cm³/mol. The molecular weight excluding hydrogens is 426 g/mol. The molecule has 1 aliphatic heterocycles. The average Bonchev–Trinajstić information content (AvgIpc) is 2.73. The molecular formula is C23H27ClF2N2O3. The summed E-state index contributed by atoms with van der Waals surface area (Å²) in [4.78, 5) is 18.7. The third-order valence-electron chi connectivity index (χ3n) is 5.37. The summed E-state index contributed by atoms with van der Waals surface area (Å²) in [5.74, 6) is -1.33. The van der Waals surface area contributed by atoms with Gasteiger partial charge >= 0.3 is 5.97 Å². The molecule has 0 spiro atoms. The van der Waals surface area contributed by atoms with E-state index >= 15 is 0 Å². The molecule has 1 aromatic heterocycles. The first kappa shape index (κ1) is 23.3. The zero-order valence-corrected chi connectivity index (χ0v) is 18.7. The lowest BCUT2D eigenvalue weighted by atomic mass is 10.00. The van der Waals surface area contributed by atoms with Crippen LogP contribution < -0.4 is 9.64 Å². The summed E-state index contributed by atoms with van der Waals surface area (Å²) in [5.41, 5.74) is 2.16. The second-order valence-electron chi connectivity index (χ2n) is 7.78. The van der Waals surface area contributed by atoms with Crippen molar-refractivity contribution in [1.82, 2.24) is 4.98 Å². The van der Waals surface area contributed by atoms with E-state index in [2.05, 4.69) is 16.8 Å². The fourth-order valence-electron chi connectivity index (χ4n) is 3.68. The van der Waals surface area contributed by atoms with Crippen molar-refractivity contribution in [3.63, 3.8) is 0 Å². The number of aromatic nitrogens is 1. The van der Waals surface area contributed by atoms with Crippen molar-refractivity contribution in [2.24, 2.45) is 0 Å². The van der Waals surface area contributed by atoms with Crippen LogP contribution in [-0.4, -0.2) is 42.6 Å². The van der Waals surface area contributed by atoms with Crippen LogP contribution in [0, 0.1) is 11.6 Å². The van der Waals surface area contributed by atoms with Crippen molar-refractivity contribution in [3.05, 3.63) is 52.7 Å². The number of hydrogen-bond donors (Lipinski definition) is 0. The van der Waals surface area contributed by atoms with E-state index in [4.69, 9.17) is 21.1 Å². The number of carbonyl (C=O) groups is 1. The molecule has 1 aliphatic rings. The standard InChI is InChI=1S/C23H27ClF2N2O3/c1-4-5-17(24)12-28-14(2)13-31-23-21(28)9-16(20(27-23)11-22(29)30-3)8-15-6-7-18(25)10-19(15)26/h6-7,9-10,14,17H,4-5,8,11-13H2,1-3H3. The maximum atomic E-state index is 14.3. The largest absolute Gasteiger partial charge is 0.474 e. The maximum Gasteiger partial charge on any atom is 0.311 e. The van der Waals surface area contributed by atoms with Crippen molar-refractivity contribution in [1.29, 1.82) is 0 Å². The Morgan fingerprint density at radius 3 is 2.81 bits per heavy atom. The molecule has 1 aromatic carbocycles. The topological polar surface area (TPSA) is 51.7 Å². The zero-order valence-electron chi connectivity index (χ0n) is 18.0. The van der Waals surface area contributed by atoms with Crippen LogP contribution in [-0.2, 0) is 22.4 Å². The number of fused-ring (bicyclic) bond motifs is 1. The minimum atomic E-state index is -0.646. The molecule has 8 heteroatoms. The highest BCUT2D eigenvalue weighted by molar-refractivity contribution is 6.20. The molecule has 0 saturated heterocycles. The minimum absolute atomic E-state index is 0.0360. The number of anilines is 1. The molecule has 0 radical (unpaired) electrons. The van der Waals surface area contributed by atoms with Crippen molar-refractivity contribution in [2.45, 2.75) is 50.9 Å². The van der Waals surface area contributed by atoms with Crippen molar-refractivity contribution < 1.29 is 23.0 Å². The molecule has 2 unspecified atom stereocenters. The van der Waals surface area contributed by atoms with Gasteiger partial charge in [-0.05, 0) is 36.6 Å². The van der Waals surface area contributed by atoms with E-state index < -0.39 is 17.6 Å². The molecule has 5 nitrogen and oxygen atoms in total. The van der Waals surface area contributed by atoms with E-state index in [0.717, 1.165) is 24.6 Å². The van der Waals surface area contributed by atoms with Gasteiger partial charge in [-0.3, -0.25) is 4.79 Å². The highest BCUT2D eigenvalue weighted by Crippen LogP contribution is 2.36. The van der Waals surface area contributed by atoms with Gasteiger partial charge < -0.3 is 14.4 Å². The van der Waals surface area contributed by atoms with E-state index in [1.165, 1.54) is 19.2 Å². The van der Waals surface area contributed by atoms with Gasteiger partial charge in [-0.25, -0.2) is 13.8 Å². The van der Waals surface area contributed by atoms with Gasteiger partial charge in [0.1, 0.15) is 23.9 Å². The summed E-state index contributed by atoms with van der Waals surface area (Å²) in [6.07, 6.45) is 1.93. The van der Waals surface area contributed by atoms with Crippen LogP contribution >= 0.6 is 11.6 Å². The third kappa shape index (κ3) is 5.64. The number of halogens is 3. The number of pyridine rings is 1. The Morgan fingerprint density at radius 1 is 1.35 bits per heavy atom. The molecule has 0 N–H and O–H groups in total. The first-order chi connectivity index (χ1) is 14.8. The normalized spacial score (nSPS) is 16.5. The molecule has 3 rings (SSSR count). The number of carbonyl (C=O) groups excluding carboxylic acids is 1. The molecule has 31 heavy (non-hydrogen) atoms. The number of hydrogen-bond acceptors (Lipinski definition) is 5. The Balaban J connectivity index is 2.02. The summed E-state index contributed by atoms with van der Waals surface area (Å²) in [5, 5.41) is -0.0360. The van der Waals surface area contributed by atoms with E-state index in [1.54, 1.807) is 0 Å². The lowest BCUT2D eigenvalue weighted by Crippen LogP contribution is -2.44. The number of rotatable bonds is 8. The SMILES string of the molecule is CCCC(Cl)CN1c2cc(Cc3ccc(F)cc3F)c(CC(=O)OC)nc2OCC1C. The summed E-state index contributed by atoms with van der Waals surface area (Å²) < 4.78 is 38.3. The summed E-state index contributed by atoms with van der Waals surface area (Å²) >= 11 is 6.52. The Labute approximate surface area is 186 Å². The molecule has 2 aromatic rings. The Bertz CT molecular complexity index is 941. The van der Waals surface area contributed by atoms with Crippen LogP contribution in [0.5, 0.6) is 5.88 Å². The minimum Gasteiger partial charge on any atom is -0.474 e. The van der Waals surface area contributed by atoms with Gasteiger partial charge in [0.15, 0.2) is 0 Å². The summed E-state index contributed by atoms with van der Waals surface area (Å²) in [7, 11) is 1.30. The predicted octanol–water partition coefficient (Wildman–Crippen LogP) is 4.66. The monoisotopic (exact) mass is 452 g/mol. The number of esters is 1. The fraction of sp³-hybridized carbons (Fsp3) is 0.478. The van der Waals surface area contributed by atoms with Crippen molar-refractivity contribution in [2.75, 3.05) is 25.2 Å². The number of nitrogens with zero attached hydrogens (tertiary/aromatic N) is 2. The van der Waals surface area contributed by atoms with Gasteiger partial charge in [-0.15, -0.1) is 11.6 Å². The lowest BCUT2D eigenvalue weighted by Gasteiger charge is -2.37. The first-order valence-electron chi connectivity index (χ1n) is 10.4. The second kappa shape index (κ2) is 10.3. The third-order valence-corrected chi connectivity index (χ3v) is 5.73. The Hall–Kier alpha value is -2.41. The van der Waals surface area contributed by atoms with Gasteiger partial charge in [0.2, 0.25) is 5.88 Å². The zero-order chi connectivity index (χ0) is 22.5. The van der Waals surface area contributed by atoms with Gasteiger partial charge in [0.25, 0.3) is 0 Å². The van der Waals surface area contributed by atoms with Gasteiger partial charge in [0, 0.05) is 19.0 Å². The average molecular weight is 453 g/mol. The number of methoxy groups -OCH3 is 1. The van der Waals surface area contributed by atoms with E-state index in [9.17, 15) is 13.6 Å². The van der Waals surface area contributed by atoms with Crippen LogP contribution in [0.15, 0.2) is 24.3 Å². The Morgan fingerprint density at radius 2 is 2.13 bits per heavy atom. The van der Waals surface area contributed by atoms with Gasteiger partial charge in [-0.2, -0.15) is 0 Å². The van der Waals surface area contributed by atoms with Crippen molar-refractivity contribution >= 4 is 23.3 Å².